The Balaban J connectivity index is 1.94. The highest BCUT2D eigenvalue weighted by Crippen LogP contribution is 2.22. The van der Waals surface area contributed by atoms with Gasteiger partial charge >= 0.3 is 0 Å². The molecule has 1 aromatic rings. The Labute approximate surface area is 123 Å². The molecule has 0 aromatic heterocycles. The lowest BCUT2D eigenvalue weighted by atomic mass is 10.2. The fourth-order valence-corrected chi connectivity index (χ4v) is 2.31. The summed E-state index contributed by atoms with van der Waals surface area (Å²) in [6, 6.07) is 4.95. The van der Waals surface area contributed by atoms with Crippen LogP contribution < -0.4 is 10.1 Å². The highest BCUT2D eigenvalue weighted by atomic mass is 35.5. The predicted octanol–water partition coefficient (Wildman–Crippen LogP) is 1.41. The summed E-state index contributed by atoms with van der Waals surface area (Å²) in [5.41, 5.74) is 0.473. The molecule has 0 radical (unpaired) electrons. The Morgan fingerprint density at radius 3 is 3.10 bits per heavy atom. The van der Waals surface area contributed by atoms with Gasteiger partial charge in [0.15, 0.2) is 0 Å². The van der Waals surface area contributed by atoms with Crippen molar-refractivity contribution in [2.24, 2.45) is 0 Å². The largest absolute Gasteiger partial charge is 0.496 e. The van der Waals surface area contributed by atoms with E-state index in [1.165, 1.54) is 7.11 Å². The van der Waals surface area contributed by atoms with Crippen molar-refractivity contribution in [1.29, 1.82) is 0 Å². The van der Waals surface area contributed by atoms with Gasteiger partial charge in [0, 0.05) is 24.7 Å². The molecular formula is C14H19ClN2O3. The molecule has 1 fully saturated rings. The lowest BCUT2D eigenvalue weighted by Gasteiger charge is -2.30. The Hall–Kier alpha value is -1.30. The van der Waals surface area contributed by atoms with Crippen molar-refractivity contribution in [2.45, 2.75) is 6.10 Å². The van der Waals surface area contributed by atoms with Crippen LogP contribution in [0, 0.1) is 0 Å². The van der Waals surface area contributed by atoms with Crippen LogP contribution >= 0.6 is 11.6 Å². The average Bonchev–Trinajstić information content (AvgIpc) is 2.44. The molecule has 1 unspecified atom stereocenters. The second-order valence-electron chi connectivity index (χ2n) is 4.81. The van der Waals surface area contributed by atoms with Crippen LogP contribution in [0.15, 0.2) is 18.2 Å². The predicted molar refractivity (Wildman–Crippen MR) is 77.6 cm³/mol. The molecule has 0 saturated carbocycles. The van der Waals surface area contributed by atoms with Crippen LogP contribution in [0.2, 0.25) is 5.02 Å². The van der Waals surface area contributed by atoms with E-state index in [4.69, 9.17) is 21.1 Å². The molecule has 1 N–H and O–H groups in total. The number of hydrogen-bond donors (Lipinski definition) is 1. The minimum atomic E-state index is -0.185. The van der Waals surface area contributed by atoms with Gasteiger partial charge in [0.25, 0.3) is 5.91 Å². The van der Waals surface area contributed by atoms with E-state index in [1.54, 1.807) is 18.2 Å². The van der Waals surface area contributed by atoms with Crippen molar-refractivity contribution in [1.82, 2.24) is 10.2 Å². The zero-order valence-electron chi connectivity index (χ0n) is 11.7. The molecule has 1 amide bonds. The van der Waals surface area contributed by atoms with E-state index in [2.05, 4.69) is 10.2 Å². The van der Waals surface area contributed by atoms with Crippen molar-refractivity contribution in [3.8, 4) is 5.75 Å². The van der Waals surface area contributed by atoms with E-state index in [-0.39, 0.29) is 12.0 Å². The number of nitrogens with zero attached hydrogens (tertiary/aromatic N) is 1. The Morgan fingerprint density at radius 2 is 2.40 bits per heavy atom. The van der Waals surface area contributed by atoms with E-state index >= 15 is 0 Å². The van der Waals surface area contributed by atoms with Crippen molar-refractivity contribution in [2.75, 3.05) is 40.4 Å². The third-order valence-electron chi connectivity index (χ3n) is 3.24. The van der Waals surface area contributed by atoms with E-state index in [0.29, 0.717) is 29.5 Å². The van der Waals surface area contributed by atoms with Crippen LogP contribution in [0.5, 0.6) is 5.75 Å². The highest BCUT2D eigenvalue weighted by Gasteiger charge is 2.19. The van der Waals surface area contributed by atoms with E-state index in [1.807, 2.05) is 7.05 Å². The van der Waals surface area contributed by atoms with E-state index in [9.17, 15) is 4.79 Å². The number of ether oxygens (including phenoxy) is 2. The lowest BCUT2D eigenvalue weighted by Crippen LogP contribution is -2.45. The minimum Gasteiger partial charge on any atom is -0.496 e. The van der Waals surface area contributed by atoms with Gasteiger partial charge in [-0.2, -0.15) is 0 Å². The maximum absolute atomic E-state index is 12.2. The standard InChI is InChI=1S/C14H19ClN2O3/c1-17-5-6-20-11(9-17)8-16-14(18)12-4-3-10(15)7-13(12)19-2/h3-4,7,11H,5-6,8-9H2,1-2H3,(H,16,18). The molecule has 2 rings (SSSR count). The summed E-state index contributed by atoms with van der Waals surface area (Å²) in [6.45, 7) is 2.92. The van der Waals surface area contributed by atoms with Crippen LogP contribution in [0.4, 0.5) is 0 Å². The zero-order valence-corrected chi connectivity index (χ0v) is 12.4. The first kappa shape index (κ1) is 15.1. The summed E-state index contributed by atoms with van der Waals surface area (Å²) in [6.07, 6.45) is 0.0241. The average molecular weight is 299 g/mol. The molecule has 110 valence electrons. The summed E-state index contributed by atoms with van der Waals surface area (Å²) >= 11 is 5.88. The van der Waals surface area contributed by atoms with Gasteiger partial charge in [0.1, 0.15) is 5.75 Å². The van der Waals surface area contributed by atoms with Gasteiger partial charge in [-0.1, -0.05) is 11.6 Å². The topological polar surface area (TPSA) is 50.8 Å². The number of amides is 1. The molecular weight excluding hydrogens is 280 g/mol. The van der Waals surface area contributed by atoms with Crippen molar-refractivity contribution < 1.29 is 14.3 Å². The maximum atomic E-state index is 12.2. The quantitative estimate of drug-likeness (QED) is 0.913. The minimum absolute atomic E-state index is 0.0241. The van der Waals surface area contributed by atoms with Gasteiger partial charge in [0.05, 0.1) is 25.4 Å². The molecule has 5 nitrogen and oxygen atoms in total. The Morgan fingerprint density at radius 1 is 1.60 bits per heavy atom. The van der Waals surface area contributed by atoms with Gasteiger partial charge in [-0.15, -0.1) is 0 Å². The molecule has 0 spiro atoms. The SMILES string of the molecule is COc1cc(Cl)ccc1C(=O)NCC1CN(C)CCO1. The number of morpholine rings is 1. The number of carbonyl (C=O) groups is 1. The van der Waals surface area contributed by atoms with Crippen molar-refractivity contribution >= 4 is 17.5 Å². The van der Waals surface area contributed by atoms with Crippen molar-refractivity contribution in [3.63, 3.8) is 0 Å². The Bertz CT molecular complexity index is 481. The number of nitrogens with one attached hydrogen (secondary N) is 1. The fraction of sp³-hybridized carbons (Fsp3) is 0.500. The molecule has 1 aromatic carbocycles. The summed E-state index contributed by atoms with van der Waals surface area (Å²) in [5, 5.41) is 3.41. The molecule has 1 aliphatic heterocycles. The number of carbonyl (C=O) groups excluding carboxylic acids is 1. The van der Waals surface area contributed by atoms with Crippen molar-refractivity contribution in [3.05, 3.63) is 28.8 Å². The summed E-state index contributed by atoms with van der Waals surface area (Å²) < 4.78 is 10.8. The van der Waals surface area contributed by atoms with Crippen LogP contribution in [-0.4, -0.2) is 57.3 Å². The van der Waals surface area contributed by atoms with Gasteiger partial charge in [0.2, 0.25) is 0 Å². The molecule has 1 saturated heterocycles. The fourth-order valence-electron chi connectivity index (χ4n) is 2.14. The molecule has 1 atom stereocenters. The Kier molecular flexibility index (Phi) is 5.23. The second kappa shape index (κ2) is 6.92. The summed E-state index contributed by atoms with van der Waals surface area (Å²) in [4.78, 5) is 14.3. The third kappa shape index (κ3) is 3.85. The number of hydrogen-bond acceptors (Lipinski definition) is 4. The molecule has 1 heterocycles. The molecule has 20 heavy (non-hydrogen) atoms. The lowest BCUT2D eigenvalue weighted by molar-refractivity contribution is -0.0175. The first-order valence-corrected chi connectivity index (χ1v) is 6.90. The van der Waals surface area contributed by atoms with Gasteiger partial charge in [-0.25, -0.2) is 0 Å². The highest BCUT2D eigenvalue weighted by molar-refractivity contribution is 6.30. The van der Waals surface area contributed by atoms with Crippen LogP contribution in [0.3, 0.4) is 0 Å². The van der Waals surface area contributed by atoms with E-state index in [0.717, 1.165) is 13.1 Å². The molecule has 0 aliphatic carbocycles. The van der Waals surface area contributed by atoms with Crippen LogP contribution in [0.25, 0.3) is 0 Å². The van der Waals surface area contributed by atoms with Crippen LogP contribution in [0.1, 0.15) is 10.4 Å². The maximum Gasteiger partial charge on any atom is 0.255 e. The first-order valence-electron chi connectivity index (χ1n) is 6.52. The third-order valence-corrected chi connectivity index (χ3v) is 3.48. The summed E-state index contributed by atoms with van der Waals surface area (Å²) in [5.74, 6) is 0.284. The number of rotatable bonds is 4. The monoisotopic (exact) mass is 298 g/mol. The normalized spacial score (nSPS) is 19.6. The van der Waals surface area contributed by atoms with Crippen LogP contribution in [-0.2, 0) is 4.74 Å². The number of benzene rings is 1. The molecule has 6 heteroatoms. The second-order valence-corrected chi connectivity index (χ2v) is 5.25. The smallest absolute Gasteiger partial charge is 0.255 e. The van der Waals surface area contributed by atoms with Gasteiger partial charge < -0.3 is 19.7 Å². The zero-order chi connectivity index (χ0) is 14.5. The van der Waals surface area contributed by atoms with E-state index < -0.39 is 0 Å². The summed E-state index contributed by atoms with van der Waals surface area (Å²) in [7, 11) is 3.56. The number of halogens is 1. The number of likely N-dealkylation sites (N-methyl/N-ethyl adjacent to an activating group) is 1. The first-order chi connectivity index (χ1) is 9.60. The number of methoxy groups -OCH3 is 1. The van der Waals surface area contributed by atoms with Gasteiger partial charge in [-0.05, 0) is 25.2 Å². The molecule has 1 aliphatic rings. The molecule has 0 bridgehead atoms. The van der Waals surface area contributed by atoms with Gasteiger partial charge in [-0.3, -0.25) is 4.79 Å².